The third kappa shape index (κ3) is 4.17. The summed E-state index contributed by atoms with van der Waals surface area (Å²) in [5.41, 5.74) is 2.67. The van der Waals surface area contributed by atoms with Gasteiger partial charge in [-0.3, -0.25) is 4.79 Å². The Morgan fingerprint density at radius 1 is 1.00 bits per heavy atom. The highest BCUT2D eigenvalue weighted by Crippen LogP contribution is 2.26. The molecule has 156 valence electrons. The van der Waals surface area contributed by atoms with E-state index in [9.17, 15) is 13.2 Å². The molecule has 1 N–H and O–H groups in total. The lowest BCUT2D eigenvalue weighted by molar-refractivity contribution is 0.0896. The van der Waals surface area contributed by atoms with Crippen LogP contribution in [0.4, 0.5) is 0 Å². The number of sulfonamides is 1. The van der Waals surface area contributed by atoms with Gasteiger partial charge in [0.05, 0.1) is 11.2 Å². The van der Waals surface area contributed by atoms with Crippen molar-refractivity contribution in [3.05, 3.63) is 78.3 Å². The maximum atomic E-state index is 12.8. The van der Waals surface area contributed by atoms with E-state index in [4.69, 9.17) is 4.42 Å². The van der Waals surface area contributed by atoms with Gasteiger partial charge in [-0.1, -0.05) is 48.0 Å². The maximum absolute atomic E-state index is 12.8. The van der Waals surface area contributed by atoms with Crippen molar-refractivity contribution in [1.82, 2.24) is 9.62 Å². The quantitative estimate of drug-likeness (QED) is 0.675. The molecule has 1 fully saturated rings. The Hall–Kier alpha value is -2.90. The van der Waals surface area contributed by atoms with Gasteiger partial charge < -0.3 is 9.73 Å². The molecule has 0 saturated carbocycles. The third-order valence-corrected chi connectivity index (χ3v) is 7.32. The van der Waals surface area contributed by atoms with E-state index < -0.39 is 10.0 Å². The Balaban J connectivity index is 1.39. The molecule has 30 heavy (non-hydrogen) atoms. The van der Waals surface area contributed by atoms with Gasteiger partial charge in [-0.25, -0.2) is 8.42 Å². The molecule has 1 amide bonds. The molecule has 4 rings (SSSR count). The summed E-state index contributed by atoms with van der Waals surface area (Å²) in [6.45, 7) is 2.66. The van der Waals surface area contributed by atoms with E-state index in [1.165, 1.54) is 10.6 Å². The number of carbonyl (C=O) groups is 1. The largest absolute Gasteiger partial charge is 0.459 e. The number of furan rings is 1. The molecule has 1 aliphatic rings. The number of benzene rings is 2. The molecule has 0 atom stereocenters. The summed E-state index contributed by atoms with van der Waals surface area (Å²) in [6.07, 6.45) is 2.62. The Morgan fingerprint density at radius 3 is 2.33 bits per heavy atom. The lowest BCUT2D eigenvalue weighted by Gasteiger charge is -2.31. The Morgan fingerprint density at radius 2 is 1.67 bits per heavy atom. The van der Waals surface area contributed by atoms with Crippen LogP contribution in [0, 0.1) is 6.92 Å². The van der Waals surface area contributed by atoms with E-state index >= 15 is 0 Å². The van der Waals surface area contributed by atoms with Crippen LogP contribution in [0.25, 0.3) is 11.1 Å². The van der Waals surface area contributed by atoms with Crippen LogP contribution in [0.1, 0.15) is 29.0 Å². The molecule has 0 aliphatic carbocycles. The molecule has 3 aromatic rings. The molecule has 0 radical (unpaired) electrons. The first-order valence-electron chi connectivity index (χ1n) is 9.96. The zero-order chi connectivity index (χ0) is 21.1. The highest BCUT2D eigenvalue weighted by molar-refractivity contribution is 7.89. The molecule has 6 nitrogen and oxygen atoms in total. The summed E-state index contributed by atoms with van der Waals surface area (Å²) >= 11 is 0. The number of rotatable bonds is 5. The van der Waals surface area contributed by atoms with E-state index in [1.807, 2.05) is 37.3 Å². The third-order valence-electron chi connectivity index (χ3n) is 5.40. The fourth-order valence-electron chi connectivity index (χ4n) is 3.68. The SMILES string of the molecule is Cc1ccc(S(=O)(=O)N2CCC(NC(=O)c3occc3-c3ccccc3)CC2)cc1. The fraction of sp³-hybridized carbons (Fsp3) is 0.261. The van der Waals surface area contributed by atoms with E-state index in [0.29, 0.717) is 30.8 Å². The molecule has 2 heterocycles. The standard InChI is InChI=1S/C23H24N2O4S/c1-17-7-9-20(10-8-17)30(27,28)25-14-11-19(12-15-25)24-23(26)22-21(13-16-29-22)18-5-3-2-4-6-18/h2-10,13,16,19H,11-12,14-15H2,1H3,(H,24,26). The molecular weight excluding hydrogens is 400 g/mol. The number of amides is 1. The summed E-state index contributed by atoms with van der Waals surface area (Å²) in [5, 5.41) is 3.00. The van der Waals surface area contributed by atoms with E-state index in [2.05, 4.69) is 5.32 Å². The second-order valence-corrected chi connectivity index (χ2v) is 9.43. The van der Waals surface area contributed by atoms with Gasteiger partial charge in [-0.2, -0.15) is 4.31 Å². The van der Waals surface area contributed by atoms with Crippen molar-refractivity contribution in [2.45, 2.75) is 30.7 Å². The Bertz CT molecular complexity index is 1110. The number of nitrogens with one attached hydrogen (secondary N) is 1. The lowest BCUT2D eigenvalue weighted by Crippen LogP contribution is -2.46. The molecule has 1 aliphatic heterocycles. The van der Waals surface area contributed by atoms with Gasteiger partial charge in [0.25, 0.3) is 5.91 Å². The van der Waals surface area contributed by atoms with Crippen LogP contribution in [-0.2, 0) is 10.0 Å². The molecule has 0 bridgehead atoms. The molecule has 0 unspecified atom stereocenters. The van der Waals surface area contributed by atoms with Crippen LogP contribution in [-0.4, -0.2) is 37.8 Å². The van der Waals surface area contributed by atoms with Gasteiger partial charge in [0.15, 0.2) is 5.76 Å². The maximum Gasteiger partial charge on any atom is 0.287 e. The van der Waals surface area contributed by atoms with Crippen molar-refractivity contribution in [3.8, 4) is 11.1 Å². The van der Waals surface area contributed by atoms with Crippen LogP contribution in [0.3, 0.4) is 0 Å². The van der Waals surface area contributed by atoms with Gasteiger partial charge in [0.2, 0.25) is 10.0 Å². The molecule has 0 spiro atoms. The smallest absolute Gasteiger partial charge is 0.287 e. The number of carbonyl (C=O) groups excluding carboxylic acids is 1. The molecule has 1 saturated heterocycles. The molecule has 1 aromatic heterocycles. The minimum absolute atomic E-state index is 0.101. The van der Waals surface area contributed by atoms with Crippen molar-refractivity contribution in [2.75, 3.05) is 13.1 Å². The predicted molar refractivity (Wildman–Crippen MR) is 115 cm³/mol. The average Bonchev–Trinajstić information content (AvgIpc) is 3.25. The number of hydrogen-bond acceptors (Lipinski definition) is 4. The van der Waals surface area contributed by atoms with Crippen molar-refractivity contribution >= 4 is 15.9 Å². The van der Waals surface area contributed by atoms with Crippen LogP contribution in [0.15, 0.2) is 76.2 Å². The average molecular weight is 425 g/mol. The molecule has 2 aromatic carbocycles. The van der Waals surface area contributed by atoms with Crippen LogP contribution >= 0.6 is 0 Å². The number of piperidine rings is 1. The zero-order valence-corrected chi connectivity index (χ0v) is 17.6. The van der Waals surface area contributed by atoms with Gasteiger partial charge in [0, 0.05) is 24.7 Å². The molecule has 7 heteroatoms. The topological polar surface area (TPSA) is 79.6 Å². The zero-order valence-electron chi connectivity index (χ0n) is 16.7. The summed E-state index contributed by atoms with van der Waals surface area (Å²) in [6, 6.07) is 18.1. The molecular formula is C23H24N2O4S. The minimum atomic E-state index is -3.51. The fourth-order valence-corrected chi connectivity index (χ4v) is 5.15. The lowest BCUT2D eigenvalue weighted by atomic mass is 10.0. The first-order chi connectivity index (χ1) is 14.4. The highest BCUT2D eigenvalue weighted by atomic mass is 32.2. The van der Waals surface area contributed by atoms with Crippen molar-refractivity contribution in [3.63, 3.8) is 0 Å². The van der Waals surface area contributed by atoms with Gasteiger partial charge in [0.1, 0.15) is 0 Å². The first-order valence-corrected chi connectivity index (χ1v) is 11.4. The van der Waals surface area contributed by atoms with Gasteiger partial charge >= 0.3 is 0 Å². The van der Waals surface area contributed by atoms with E-state index in [0.717, 1.165) is 16.7 Å². The van der Waals surface area contributed by atoms with E-state index in [-0.39, 0.29) is 17.7 Å². The number of nitrogens with zero attached hydrogens (tertiary/aromatic N) is 1. The summed E-state index contributed by atoms with van der Waals surface area (Å²) in [4.78, 5) is 13.1. The Labute approximate surface area is 176 Å². The number of aryl methyl sites for hydroxylation is 1. The van der Waals surface area contributed by atoms with Crippen LogP contribution < -0.4 is 5.32 Å². The van der Waals surface area contributed by atoms with E-state index in [1.54, 1.807) is 30.3 Å². The highest BCUT2D eigenvalue weighted by Gasteiger charge is 2.30. The first kappa shape index (κ1) is 20.4. The Kier molecular flexibility index (Phi) is 5.74. The summed E-state index contributed by atoms with van der Waals surface area (Å²) < 4.78 is 32.6. The summed E-state index contributed by atoms with van der Waals surface area (Å²) in [7, 11) is -3.51. The monoisotopic (exact) mass is 424 g/mol. The van der Waals surface area contributed by atoms with Crippen LogP contribution in [0.2, 0.25) is 0 Å². The van der Waals surface area contributed by atoms with Crippen LogP contribution in [0.5, 0.6) is 0 Å². The van der Waals surface area contributed by atoms with Gasteiger partial charge in [-0.05, 0) is 43.5 Å². The van der Waals surface area contributed by atoms with Crippen molar-refractivity contribution in [2.24, 2.45) is 0 Å². The minimum Gasteiger partial charge on any atom is -0.459 e. The summed E-state index contributed by atoms with van der Waals surface area (Å²) in [5.74, 6) is -0.00500. The predicted octanol–water partition coefficient (Wildman–Crippen LogP) is 3.84. The number of hydrogen-bond donors (Lipinski definition) is 1. The van der Waals surface area contributed by atoms with Crippen molar-refractivity contribution in [1.29, 1.82) is 0 Å². The normalized spacial score (nSPS) is 15.8. The second-order valence-electron chi connectivity index (χ2n) is 7.49. The second kappa shape index (κ2) is 8.45. The van der Waals surface area contributed by atoms with Gasteiger partial charge in [-0.15, -0.1) is 0 Å². The van der Waals surface area contributed by atoms with Crippen molar-refractivity contribution < 1.29 is 17.6 Å².